The van der Waals surface area contributed by atoms with Crippen LogP contribution in [0.1, 0.15) is 122 Å². The number of hydrogen-bond acceptors (Lipinski definition) is 12. The zero-order valence-electron chi connectivity index (χ0n) is 37.6. The standard InChI is InChI=1S/C54H58N4O7S2/c55-51-37-12-11-36-43(60)14-13-41-52-58-25-39-38(24-56-42(39)26-58)34-15-18-54(28-57-51,49(37)48(34)36)29-67-66-27-40-33(46(63)23-47(50(40)65-52)64-20-19-53(41)16-3-4-17-53)10-8-32(59)22-45(62)35-9-7-31(21-44(35)61)30-5-1-2-6-30/h7,9,11-12,15,18,23-25,30-31,34-35,41,43-45,51-52,57,60-63H,1-6,8,10,16-17,21-22,26-29,55H2/p+1. The van der Waals surface area contributed by atoms with E-state index in [1.807, 2.05) is 18.3 Å². The van der Waals surface area contributed by atoms with E-state index in [0.717, 1.165) is 75.3 Å². The number of allylic oxidation sites excluding steroid dienone is 3. The summed E-state index contributed by atoms with van der Waals surface area (Å²) in [5.74, 6) is 12.1. The van der Waals surface area contributed by atoms with Gasteiger partial charge in [-0.2, -0.15) is 0 Å². The summed E-state index contributed by atoms with van der Waals surface area (Å²) < 4.78 is 13.9. The first-order chi connectivity index (χ1) is 32.6. The summed E-state index contributed by atoms with van der Waals surface area (Å²) in [6.07, 6.45) is 21.4. The van der Waals surface area contributed by atoms with Gasteiger partial charge in [-0.15, -0.1) is 0 Å². The number of phenols is 1. The van der Waals surface area contributed by atoms with Gasteiger partial charge < -0.3 is 35.6 Å². The van der Waals surface area contributed by atoms with Crippen molar-refractivity contribution in [2.24, 2.45) is 39.8 Å². The Labute approximate surface area is 400 Å². The second-order valence-electron chi connectivity index (χ2n) is 20.7. The lowest BCUT2D eigenvalue weighted by molar-refractivity contribution is -0.888. The van der Waals surface area contributed by atoms with Crippen molar-refractivity contribution in [2.45, 2.75) is 125 Å². The van der Waals surface area contributed by atoms with E-state index in [9.17, 15) is 25.2 Å². The first-order valence-corrected chi connectivity index (χ1v) is 27.0. The number of nitrogens with two attached hydrogens (primary N) is 1. The molecule has 8 N–H and O–H groups in total. The Bertz CT molecular complexity index is 2690. The Morgan fingerprint density at radius 3 is 2.75 bits per heavy atom. The number of phenolic OH excluding ortho intramolecular Hbond substituents is 1. The van der Waals surface area contributed by atoms with E-state index in [4.69, 9.17) is 20.2 Å². The Morgan fingerprint density at radius 1 is 1.07 bits per heavy atom. The van der Waals surface area contributed by atoms with Gasteiger partial charge in [0.2, 0.25) is 0 Å². The Hall–Kier alpha value is -4.28. The van der Waals surface area contributed by atoms with Gasteiger partial charge in [-0.25, -0.2) is 0 Å². The minimum Gasteiger partial charge on any atom is -0.508 e. The highest BCUT2D eigenvalue weighted by Gasteiger charge is 2.53. The SMILES string of the molecule is NC1NCC23C=CC4C5=CN=C6C[NH+](C=C56)C5Oc6c(cc(O)c(CCC(=O)CC(O)C7C=CC(C8CCCC8)CC7O)c6CSSC2)OC#CC2(CCCC2)C5C#CC(O)c2ccc1c3c24. The highest BCUT2D eigenvalue weighted by molar-refractivity contribution is 8.76. The third-order valence-corrected chi connectivity index (χ3v) is 19.4. The molecule has 11 unspecified atom stereocenters. The van der Waals surface area contributed by atoms with Gasteiger partial charge in [-0.05, 0) is 78.2 Å². The Morgan fingerprint density at radius 2 is 1.91 bits per heavy atom. The van der Waals surface area contributed by atoms with Gasteiger partial charge >= 0.3 is 0 Å². The van der Waals surface area contributed by atoms with Crippen LogP contribution in [0, 0.1) is 53.0 Å². The van der Waals surface area contributed by atoms with E-state index in [-0.39, 0.29) is 42.9 Å². The van der Waals surface area contributed by atoms with Crippen molar-refractivity contribution in [1.29, 1.82) is 0 Å². The highest BCUT2D eigenvalue weighted by Crippen LogP contribution is 2.54. The second-order valence-corrected chi connectivity index (χ2v) is 23.2. The number of hydrogen-bond donors (Lipinski definition) is 7. The normalized spacial score (nSPS) is 34.2. The fourth-order valence-corrected chi connectivity index (χ4v) is 16.0. The maximum Gasteiger partial charge on any atom is 0.252 e. The molecule has 2 fully saturated rings. The number of Topliss-reactive ketones (excluding diaryl/α,β-unsaturated/α-hetero) is 1. The molecule has 12 aliphatic rings. The molecule has 2 saturated carbocycles. The predicted molar refractivity (Wildman–Crippen MR) is 259 cm³/mol. The molecule has 0 amide bonds. The van der Waals surface area contributed by atoms with Crippen LogP contribution in [-0.2, 0) is 22.4 Å². The van der Waals surface area contributed by atoms with E-state index in [1.165, 1.54) is 25.7 Å². The van der Waals surface area contributed by atoms with E-state index in [0.29, 0.717) is 59.9 Å². The lowest BCUT2D eigenvalue weighted by Crippen LogP contribution is -3.13. The van der Waals surface area contributed by atoms with Gasteiger partial charge in [0.25, 0.3) is 6.23 Å². The molecule has 2 aromatic carbocycles. The van der Waals surface area contributed by atoms with Crippen molar-refractivity contribution in [3.63, 3.8) is 0 Å². The van der Waals surface area contributed by atoms with Crippen LogP contribution in [0.2, 0.25) is 0 Å². The largest absolute Gasteiger partial charge is 0.508 e. The monoisotopic (exact) mass is 939 g/mol. The zero-order chi connectivity index (χ0) is 45.6. The Balaban J connectivity index is 0.956. The van der Waals surface area contributed by atoms with Gasteiger partial charge in [-0.1, -0.05) is 101 Å². The van der Waals surface area contributed by atoms with Gasteiger partial charge in [0, 0.05) is 71.5 Å². The van der Waals surface area contributed by atoms with Crippen molar-refractivity contribution in [1.82, 2.24) is 5.32 Å². The number of nitrogens with zero attached hydrogens (tertiary/aromatic N) is 1. The predicted octanol–water partition coefficient (Wildman–Crippen LogP) is 5.84. The molecule has 13 heteroatoms. The maximum absolute atomic E-state index is 13.9. The van der Waals surface area contributed by atoms with Crippen molar-refractivity contribution in [3.8, 4) is 41.1 Å². The summed E-state index contributed by atoms with van der Waals surface area (Å²) in [6, 6.07) is 5.66. The number of aliphatic imine (C=N–C) groups is 1. The number of carbonyl (C=O) groups is 1. The highest BCUT2D eigenvalue weighted by atomic mass is 33.1. The molecule has 8 aliphatic heterocycles. The van der Waals surface area contributed by atoms with Crippen molar-refractivity contribution in [3.05, 3.63) is 99.4 Å². The molecule has 67 heavy (non-hydrogen) atoms. The molecule has 348 valence electrons. The van der Waals surface area contributed by atoms with Crippen LogP contribution < -0.4 is 25.4 Å². The third kappa shape index (κ3) is 7.46. The van der Waals surface area contributed by atoms with Crippen LogP contribution in [0.15, 0.2) is 71.0 Å². The molecule has 8 heterocycles. The number of fused-ring (bicyclic) bond motifs is 1. The van der Waals surface area contributed by atoms with Gasteiger partial charge in [0.05, 0.1) is 29.4 Å². The molecular formula is C54H59N4O7S2+. The zero-order valence-corrected chi connectivity index (χ0v) is 39.3. The van der Waals surface area contributed by atoms with Crippen LogP contribution in [-0.4, -0.2) is 69.2 Å². The molecule has 2 spiro atoms. The Kier molecular flexibility index (Phi) is 11.3. The molecule has 11 atom stereocenters. The van der Waals surface area contributed by atoms with Crippen LogP contribution in [0.25, 0.3) is 0 Å². The number of ether oxygens (including phenoxy) is 2. The number of ketones is 1. The number of carbonyl (C=O) groups excluding carboxylic acids is 1. The van der Waals surface area contributed by atoms with E-state index in [2.05, 4.69) is 59.7 Å². The van der Waals surface area contributed by atoms with Crippen LogP contribution in [0.3, 0.4) is 0 Å². The summed E-state index contributed by atoms with van der Waals surface area (Å²) in [6.45, 7) is 1.16. The summed E-state index contributed by atoms with van der Waals surface area (Å²) in [7, 11) is 3.39. The van der Waals surface area contributed by atoms with E-state index >= 15 is 0 Å². The molecule has 4 aliphatic carbocycles. The van der Waals surface area contributed by atoms with Crippen molar-refractivity contribution >= 4 is 33.1 Å². The van der Waals surface area contributed by atoms with Crippen LogP contribution in [0.5, 0.6) is 17.2 Å². The number of aliphatic hydroxyl groups excluding tert-OH is 3. The average molecular weight is 940 g/mol. The summed E-state index contributed by atoms with van der Waals surface area (Å²) in [5, 5.41) is 50.6. The van der Waals surface area contributed by atoms with Crippen LogP contribution >= 0.6 is 21.6 Å². The minimum atomic E-state index is -1.10. The summed E-state index contributed by atoms with van der Waals surface area (Å²) in [4.78, 5) is 20.0. The lowest BCUT2D eigenvalue weighted by atomic mass is 9.64. The molecule has 0 aromatic heterocycles. The van der Waals surface area contributed by atoms with Gasteiger partial charge in [0.1, 0.15) is 48.1 Å². The molecule has 0 saturated heterocycles. The fourth-order valence-electron chi connectivity index (χ4n) is 13.4. The number of aliphatic hydroxyl groups is 3. The number of quaternary nitrogens is 1. The third-order valence-electron chi connectivity index (χ3n) is 17.0. The average Bonchev–Trinajstić information content (AvgIpc) is 4.16. The van der Waals surface area contributed by atoms with Crippen molar-refractivity contribution < 1.29 is 39.6 Å². The lowest BCUT2D eigenvalue weighted by Gasteiger charge is -2.45. The fraction of sp³-hybridized carbons (Fsp3) is 0.519. The summed E-state index contributed by atoms with van der Waals surface area (Å²) in [5.41, 5.74) is 14.2. The van der Waals surface area contributed by atoms with Gasteiger partial charge in [0.15, 0.2) is 11.5 Å². The minimum absolute atomic E-state index is 0.0120. The first-order valence-electron chi connectivity index (χ1n) is 24.5. The molecule has 0 radical (unpaired) electrons. The molecular weight excluding hydrogens is 881 g/mol. The van der Waals surface area contributed by atoms with Gasteiger partial charge in [-0.3, -0.25) is 20.0 Å². The molecule has 10 bridgehead atoms. The van der Waals surface area contributed by atoms with Crippen LogP contribution in [0.4, 0.5) is 0 Å². The molecule has 14 rings (SSSR count). The van der Waals surface area contributed by atoms with E-state index in [1.54, 1.807) is 27.7 Å². The smallest absolute Gasteiger partial charge is 0.252 e. The number of nitrogens with one attached hydrogen (secondary N) is 2. The van der Waals surface area contributed by atoms with Crippen molar-refractivity contribution in [2.75, 3.05) is 18.8 Å². The topological polar surface area (TPSA) is 171 Å². The molecule has 2 aromatic rings. The van der Waals surface area contributed by atoms with E-state index < -0.39 is 47.2 Å². The number of aromatic hydroxyl groups is 1. The second kappa shape index (κ2) is 17.3. The summed E-state index contributed by atoms with van der Waals surface area (Å²) >= 11 is 0. The number of benzene rings is 2. The first kappa shape index (κ1) is 44.0. The number of rotatable bonds is 7. The maximum atomic E-state index is 13.9. The quantitative estimate of drug-likeness (QED) is 0.101. The molecule has 11 nitrogen and oxygen atoms in total.